The van der Waals surface area contributed by atoms with Crippen LogP contribution in [0.2, 0.25) is 0 Å². The molecule has 16 heavy (non-hydrogen) atoms. The van der Waals surface area contributed by atoms with Crippen molar-refractivity contribution in [2.45, 2.75) is 18.8 Å². The third-order valence-corrected chi connectivity index (χ3v) is 3.66. The summed E-state index contributed by atoms with van der Waals surface area (Å²) in [5.41, 5.74) is 1.13. The van der Waals surface area contributed by atoms with Gasteiger partial charge in [0.25, 0.3) is 0 Å². The molecule has 1 aliphatic carbocycles. The van der Waals surface area contributed by atoms with Crippen LogP contribution < -0.4 is 0 Å². The predicted molar refractivity (Wildman–Crippen MR) is 67.5 cm³/mol. The maximum absolute atomic E-state index is 9.38. The third-order valence-electron chi connectivity index (χ3n) is 2.93. The van der Waals surface area contributed by atoms with Gasteiger partial charge >= 0.3 is 0 Å². The Kier molecular flexibility index (Phi) is 4.38. The Morgan fingerprint density at radius 3 is 2.75 bits per heavy atom. The largest absolute Gasteiger partial charge is 0.396 e. The van der Waals surface area contributed by atoms with Gasteiger partial charge in [-0.3, -0.25) is 0 Å². The first-order chi connectivity index (χ1) is 7.81. The lowest BCUT2D eigenvalue weighted by Crippen LogP contribution is -2.13. The highest BCUT2D eigenvalue weighted by molar-refractivity contribution is 9.10. The maximum atomic E-state index is 9.38. The van der Waals surface area contributed by atoms with E-state index in [4.69, 9.17) is 4.74 Å². The van der Waals surface area contributed by atoms with E-state index >= 15 is 0 Å². The summed E-state index contributed by atoms with van der Waals surface area (Å²) in [7, 11) is 0. The number of rotatable bonds is 6. The Hall–Kier alpha value is -0.380. The van der Waals surface area contributed by atoms with Crippen LogP contribution in [0.4, 0.5) is 0 Å². The van der Waals surface area contributed by atoms with Gasteiger partial charge in [0.1, 0.15) is 0 Å². The molecule has 0 saturated heterocycles. The van der Waals surface area contributed by atoms with Crippen molar-refractivity contribution in [1.29, 1.82) is 0 Å². The average molecular weight is 285 g/mol. The number of benzene rings is 1. The van der Waals surface area contributed by atoms with Gasteiger partial charge in [-0.15, -0.1) is 0 Å². The highest BCUT2D eigenvalue weighted by Crippen LogP contribution is 2.30. The summed E-state index contributed by atoms with van der Waals surface area (Å²) in [4.78, 5) is 0. The zero-order valence-electron chi connectivity index (χ0n) is 9.23. The Morgan fingerprint density at radius 2 is 2.12 bits per heavy atom. The molecule has 0 bridgehead atoms. The van der Waals surface area contributed by atoms with Crippen LogP contribution in [0.15, 0.2) is 28.7 Å². The minimum absolute atomic E-state index is 0.0781. The summed E-state index contributed by atoms with van der Waals surface area (Å²) in [6.07, 6.45) is 2.61. The van der Waals surface area contributed by atoms with E-state index in [0.29, 0.717) is 6.61 Å². The van der Waals surface area contributed by atoms with E-state index in [1.54, 1.807) is 0 Å². The van der Waals surface area contributed by atoms with E-state index in [1.807, 2.05) is 24.3 Å². The second-order valence-electron chi connectivity index (χ2n) is 4.38. The van der Waals surface area contributed by atoms with Crippen molar-refractivity contribution in [2.75, 3.05) is 19.8 Å². The van der Waals surface area contributed by atoms with Gasteiger partial charge in [-0.1, -0.05) is 34.1 Å². The van der Waals surface area contributed by atoms with E-state index in [9.17, 15) is 5.11 Å². The van der Waals surface area contributed by atoms with Crippen LogP contribution in [0.25, 0.3) is 0 Å². The van der Waals surface area contributed by atoms with Crippen molar-refractivity contribution in [3.63, 3.8) is 0 Å². The first kappa shape index (κ1) is 12.1. The number of aliphatic hydroxyl groups is 1. The molecule has 3 heteroatoms. The highest BCUT2D eigenvalue weighted by Gasteiger charge is 2.22. The van der Waals surface area contributed by atoms with Crippen LogP contribution in [0.5, 0.6) is 0 Å². The van der Waals surface area contributed by atoms with Crippen LogP contribution in [0, 0.1) is 5.92 Å². The molecule has 0 aromatic heterocycles. The standard InChI is InChI=1S/C13H17BrO2/c14-13-4-2-1-3-12(13)11(7-15)9-16-8-10-5-6-10/h1-4,10-11,15H,5-9H2. The van der Waals surface area contributed by atoms with Gasteiger partial charge in [0.05, 0.1) is 13.2 Å². The van der Waals surface area contributed by atoms with Crippen molar-refractivity contribution < 1.29 is 9.84 Å². The number of ether oxygens (including phenoxy) is 1. The quantitative estimate of drug-likeness (QED) is 0.870. The van der Waals surface area contributed by atoms with Crippen LogP contribution >= 0.6 is 15.9 Å². The summed E-state index contributed by atoms with van der Waals surface area (Å²) in [6, 6.07) is 8.00. The van der Waals surface area contributed by atoms with Crippen molar-refractivity contribution in [3.8, 4) is 0 Å². The smallest absolute Gasteiger partial charge is 0.0557 e. The summed E-state index contributed by atoms with van der Waals surface area (Å²) in [5.74, 6) is 0.855. The molecule has 0 radical (unpaired) electrons. The molecule has 0 spiro atoms. The first-order valence-corrected chi connectivity index (χ1v) is 6.53. The van der Waals surface area contributed by atoms with Gasteiger partial charge in [0.2, 0.25) is 0 Å². The van der Waals surface area contributed by atoms with Gasteiger partial charge < -0.3 is 9.84 Å². The van der Waals surface area contributed by atoms with Crippen molar-refractivity contribution in [1.82, 2.24) is 0 Å². The molecule has 1 unspecified atom stereocenters. The summed E-state index contributed by atoms with van der Waals surface area (Å²) in [5, 5.41) is 9.38. The van der Waals surface area contributed by atoms with E-state index in [2.05, 4.69) is 15.9 Å². The van der Waals surface area contributed by atoms with E-state index in [-0.39, 0.29) is 12.5 Å². The monoisotopic (exact) mass is 284 g/mol. The summed E-state index contributed by atoms with van der Waals surface area (Å²) < 4.78 is 6.68. The molecule has 1 aliphatic rings. The number of hydrogen-bond acceptors (Lipinski definition) is 2. The fourth-order valence-corrected chi connectivity index (χ4v) is 2.32. The number of halogens is 1. The van der Waals surface area contributed by atoms with E-state index in [0.717, 1.165) is 22.6 Å². The fraction of sp³-hybridized carbons (Fsp3) is 0.538. The molecule has 88 valence electrons. The highest BCUT2D eigenvalue weighted by atomic mass is 79.9. The average Bonchev–Trinajstić information content (AvgIpc) is 3.10. The zero-order chi connectivity index (χ0) is 11.4. The van der Waals surface area contributed by atoms with E-state index < -0.39 is 0 Å². The van der Waals surface area contributed by atoms with Crippen LogP contribution in [0.3, 0.4) is 0 Å². The molecule has 1 saturated carbocycles. The topological polar surface area (TPSA) is 29.5 Å². The Bertz CT molecular complexity index is 336. The summed E-state index contributed by atoms with van der Waals surface area (Å²) in [6.45, 7) is 1.59. The molecular formula is C13H17BrO2. The maximum Gasteiger partial charge on any atom is 0.0557 e. The Labute approximate surface area is 105 Å². The van der Waals surface area contributed by atoms with Crippen molar-refractivity contribution >= 4 is 15.9 Å². The molecular weight excluding hydrogens is 268 g/mol. The molecule has 1 atom stereocenters. The molecule has 1 aromatic carbocycles. The second kappa shape index (κ2) is 5.80. The van der Waals surface area contributed by atoms with Gasteiger partial charge in [0.15, 0.2) is 0 Å². The molecule has 2 nitrogen and oxygen atoms in total. The molecule has 0 heterocycles. The Balaban J connectivity index is 1.90. The van der Waals surface area contributed by atoms with E-state index in [1.165, 1.54) is 12.8 Å². The van der Waals surface area contributed by atoms with Crippen molar-refractivity contribution in [3.05, 3.63) is 34.3 Å². The number of aliphatic hydroxyl groups excluding tert-OH is 1. The Morgan fingerprint density at radius 1 is 1.38 bits per heavy atom. The van der Waals surface area contributed by atoms with Crippen LogP contribution in [-0.2, 0) is 4.74 Å². The summed E-state index contributed by atoms with van der Waals surface area (Å²) >= 11 is 3.50. The van der Waals surface area contributed by atoms with Gasteiger partial charge in [-0.25, -0.2) is 0 Å². The minimum atomic E-state index is 0.0781. The predicted octanol–water partition coefficient (Wildman–Crippen LogP) is 2.95. The molecule has 2 rings (SSSR count). The normalized spacial score (nSPS) is 17.4. The number of hydrogen-bond donors (Lipinski definition) is 1. The molecule has 1 N–H and O–H groups in total. The molecule has 0 aliphatic heterocycles. The van der Waals surface area contributed by atoms with Crippen molar-refractivity contribution in [2.24, 2.45) is 5.92 Å². The lowest BCUT2D eigenvalue weighted by Gasteiger charge is -2.16. The SMILES string of the molecule is OCC(COCC1CC1)c1ccccc1Br. The minimum Gasteiger partial charge on any atom is -0.396 e. The van der Waals surface area contributed by atoms with Crippen LogP contribution in [-0.4, -0.2) is 24.9 Å². The lowest BCUT2D eigenvalue weighted by molar-refractivity contribution is 0.0919. The lowest BCUT2D eigenvalue weighted by atomic mass is 10.0. The first-order valence-electron chi connectivity index (χ1n) is 5.74. The molecule has 1 fully saturated rings. The fourth-order valence-electron chi connectivity index (χ4n) is 1.71. The second-order valence-corrected chi connectivity index (χ2v) is 5.24. The molecule has 1 aromatic rings. The van der Waals surface area contributed by atoms with Crippen LogP contribution in [0.1, 0.15) is 24.3 Å². The zero-order valence-corrected chi connectivity index (χ0v) is 10.8. The molecule has 0 amide bonds. The third kappa shape index (κ3) is 3.30. The van der Waals surface area contributed by atoms with Gasteiger partial charge in [-0.2, -0.15) is 0 Å². The van der Waals surface area contributed by atoms with Gasteiger partial charge in [0, 0.05) is 17.0 Å². The van der Waals surface area contributed by atoms with Gasteiger partial charge in [-0.05, 0) is 30.4 Å².